The summed E-state index contributed by atoms with van der Waals surface area (Å²) in [6.45, 7) is 10.9. The number of hydrogen-bond acceptors (Lipinski definition) is 6. The molecule has 6 heteroatoms. The summed E-state index contributed by atoms with van der Waals surface area (Å²) < 4.78 is 0. The maximum Gasteiger partial charge on any atom is 0.366 e. The van der Waals surface area contributed by atoms with E-state index >= 15 is 0 Å². The third kappa shape index (κ3) is 8.11. The molecule has 0 amide bonds. The van der Waals surface area contributed by atoms with Crippen LogP contribution in [0.3, 0.4) is 0 Å². The van der Waals surface area contributed by atoms with Crippen molar-refractivity contribution in [2.45, 2.75) is 80.1 Å². The van der Waals surface area contributed by atoms with E-state index < -0.39 is 23.8 Å². The molecule has 0 radical (unpaired) electrons. The van der Waals surface area contributed by atoms with Crippen LogP contribution in [0.15, 0.2) is 0 Å². The predicted molar refractivity (Wildman–Crippen MR) is 97.9 cm³/mol. The zero-order chi connectivity index (χ0) is 20.3. The van der Waals surface area contributed by atoms with Crippen molar-refractivity contribution in [3.05, 3.63) is 0 Å². The fourth-order valence-corrected chi connectivity index (χ4v) is 2.75. The van der Waals surface area contributed by atoms with Gasteiger partial charge in [0.2, 0.25) is 0 Å². The molecule has 2 unspecified atom stereocenters. The average molecular weight is 370 g/mol. The number of Topliss-reactive ketones (excluding diaryl/α,β-unsaturated/α-hetero) is 2. The fourth-order valence-electron chi connectivity index (χ4n) is 2.75. The summed E-state index contributed by atoms with van der Waals surface area (Å²) in [6, 6.07) is 0. The molecule has 0 aromatic heterocycles. The largest absolute Gasteiger partial charge is 0.366 e. The smallest absolute Gasteiger partial charge is 0.299 e. The van der Waals surface area contributed by atoms with Crippen molar-refractivity contribution in [2.75, 3.05) is 0 Å². The third-order valence-corrected chi connectivity index (χ3v) is 4.29. The monoisotopic (exact) mass is 370 g/mol. The SMILES string of the molecule is CCCCC(=O)C(C(=O)OOC(=O)C(C(=O)CCCC)C(C)C)C(C)C. The van der Waals surface area contributed by atoms with Gasteiger partial charge in [-0.25, -0.2) is 19.4 Å². The molecule has 0 saturated carbocycles. The van der Waals surface area contributed by atoms with Crippen molar-refractivity contribution in [2.24, 2.45) is 23.7 Å². The lowest BCUT2D eigenvalue weighted by Gasteiger charge is -2.19. The number of ketones is 2. The summed E-state index contributed by atoms with van der Waals surface area (Å²) in [5, 5.41) is 0. The number of unbranched alkanes of at least 4 members (excludes halogenated alkanes) is 2. The van der Waals surface area contributed by atoms with Gasteiger partial charge in [-0.05, 0) is 24.7 Å². The summed E-state index contributed by atoms with van der Waals surface area (Å²) in [6.07, 6.45) is 3.64. The van der Waals surface area contributed by atoms with Crippen LogP contribution in [0, 0.1) is 23.7 Å². The van der Waals surface area contributed by atoms with Gasteiger partial charge in [0.15, 0.2) is 0 Å². The Morgan fingerprint density at radius 2 is 0.962 bits per heavy atom. The number of carbonyl (C=O) groups is 4. The first kappa shape index (κ1) is 24.3. The normalized spacial score (nSPS) is 13.4. The highest BCUT2D eigenvalue weighted by molar-refractivity contribution is 6.01. The highest BCUT2D eigenvalue weighted by Crippen LogP contribution is 2.20. The fraction of sp³-hybridized carbons (Fsp3) is 0.800. The zero-order valence-electron chi connectivity index (χ0n) is 17.0. The van der Waals surface area contributed by atoms with Gasteiger partial charge >= 0.3 is 11.9 Å². The van der Waals surface area contributed by atoms with Gasteiger partial charge in [-0.15, -0.1) is 0 Å². The molecule has 0 aromatic rings. The van der Waals surface area contributed by atoms with E-state index in [2.05, 4.69) is 9.78 Å². The maximum atomic E-state index is 12.2. The molecule has 0 rings (SSSR count). The zero-order valence-corrected chi connectivity index (χ0v) is 17.0. The van der Waals surface area contributed by atoms with E-state index in [0.29, 0.717) is 12.8 Å². The lowest BCUT2D eigenvalue weighted by atomic mass is 9.89. The molecule has 0 bridgehead atoms. The van der Waals surface area contributed by atoms with Crippen LogP contribution in [0.1, 0.15) is 80.1 Å². The molecule has 2 atom stereocenters. The molecule has 0 N–H and O–H groups in total. The Bertz CT molecular complexity index is 437. The van der Waals surface area contributed by atoms with Crippen molar-refractivity contribution in [3.63, 3.8) is 0 Å². The van der Waals surface area contributed by atoms with E-state index in [9.17, 15) is 19.2 Å². The van der Waals surface area contributed by atoms with Gasteiger partial charge in [-0.2, -0.15) is 0 Å². The molecule has 0 heterocycles. The summed E-state index contributed by atoms with van der Waals surface area (Å²) in [5.41, 5.74) is 0. The average Bonchev–Trinajstić information content (AvgIpc) is 2.55. The lowest BCUT2D eigenvalue weighted by Crippen LogP contribution is -2.34. The van der Waals surface area contributed by atoms with Gasteiger partial charge in [0, 0.05) is 12.8 Å². The summed E-state index contributed by atoms with van der Waals surface area (Å²) >= 11 is 0. The topological polar surface area (TPSA) is 86.7 Å². The minimum atomic E-state index is -0.970. The number of hydrogen-bond donors (Lipinski definition) is 0. The van der Waals surface area contributed by atoms with Crippen LogP contribution >= 0.6 is 0 Å². The van der Waals surface area contributed by atoms with Crippen molar-refractivity contribution in [1.29, 1.82) is 0 Å². The van der Waals surface area contributed by atoms with Gasteiger partial charge < -0.3 is 0 Å². The highest BCUT2D eigenvalue weighted by atomic mass is 17.2. The van der Waals surface area contributed by atoms with Crippen LogP contribution in [0.4, 0.5) is 0 Å². The number of rotatable bonds is 12. The van der Waals surface area contributed by atoms with Crippen LogP contribution < -0.4 is 0 Å². The number of carbonyl (C=O) groups excluding carboxylic acids is 4. The highest BCUT2D eigenvalue weighted by Gasteiger charge is 2.35. The molecule has 0 aliphatic heterocycles. The molecule has 0 aromatic carbocycles. The Labute approximate surface area is 156 Å². The Hall–Kier alpha value is -1.72. The van der Waals surface area contributed by atoms with Gasteiger partial charge in [0.05, 0.1) is 0 Å². The van der Waals surface area contributed by atoms with Crippen LogP contribution in [-0.2, 0) is 29.0 Å². The van der Waals surface area contributed by atoms with Crippen LogP contribution in [0.2, 0.25) is 0 Å². The minimum absolute atomic E-state index is 0.220. The first-order valence-electron chi connectivity index (χ1n) is 9.64. The molecular formula is C20H34O6. The molecule has 150 valence electrons. The minimum Gasteiger partial charge on any atom is -0.299 e. The second-order valence-electron chi connectivity index (χ2n) is 7.39. The molecule has 0 aliphatic rings. The van der Waals surface area contributed by atoms with Crippen molar-refractivity contribution >= 4 is 23.5 Å². The van der Waals surface area contributed by atoms with E-state index in [1.54, 1.807) is 27.7 Å². The van der Waals surface area contributed by atoms with Crippen molar-refractivity contribution < 1.29 is 29.0 Å². The summed E-state index contributed by atoms with van der Waals surface area (Å²) in [7, 11) is 0. The molecule has 0 spiro atoms. The second kappa shape index (κ2) is 12.6. The van der Waals surface area contributed by atoms with Crippen molar-refractivity contribution in [3.8, 4) is 0 Å². The summed E-state index contributed by atoms with van der Waals surface area (Å²) in [4.78, 5) is 58.2. The first-order chi connectivity index (χ1) is 12.2. The van der Waals surface area contributed by atoms with Crippen LogP contribution in [0.5, 0.6) is 0 Å². The van der Waals surface area contributed by atoms with E-state index in [1.165, 1.54) is 0 Å². The molecule has 26 heavy (non-hydrogen) atoms. The Balaban J connectivity index is 4.88. The quantitative estimate of drug-likeness (QED) is 0.293. The summed E-state index contributed by atoms with van der Waals surface area (Å²) in [5.74, 6) is -4.67. The van der Waals surface area contributed by atoms with Crippen LogP contribution in [-0.4, -0.2) is 23.5 Å². The standard InChI is InChI=1S/C20H34O6/c1-7-9-11-15(21)17(13(3)4)19(23)25-26-20(24)18(14(5)6)16(22)12-10-8-2/h13-14,17-18H,7-12H2,1-6H3. The Morgan fingerprint density at radius 3 is 1.19 bits per heavy atom. The molecule has 0 aliphatic carbocycles. The van der Waals surface area contributed by atoms with E-state index in [-0.39, 0.29) is 36.2 Å². The third-order valence-electron chi connectivity index (χ3n) is 4.29. The maximum absolute atomic E-state index is 12.2. The predicted octanol–water partition coefficient (Wildman–Crippen LogP) is 4.05. The first-order valence-corrected chi connectivity index (χ1v) is 9.64. The van der Waals surface area contributed by atoms with Gasteiger partial charge in [-0.3, -0.25) is 9.59 Å². The lowest BCUT2D eigenvalue weighted by molar-refractivity contribution is -0.265. The van der Waals surface area contributed by atoms with Gasteiger partial charge in [0.25, 0.3) is 0 Å². The molecule has 0 saturated heterocycles. The Morgan fingerprint density at radius 1 is 0.654 bits per heavy atom. The van der Waals surface area contributed by atoms with Crippen LogP contribution in [0.25, 0.3) is 0 Å². The molecule has 0 fully saturated rings. The Kier molecular flexibility index (Phi) is 11.8. The van der Waals surface area contributed by atoms with E-state index in [0.717, 1.165) is 12.8 Å². The van der Waals surface area contributed by atoms with Crippen molar-refractivity contribution in [1.82, 2.24) is 0 Å². The van der Waals surface area contributed by atoms with Gasteiger partial charge in [-0.1, -0.05) is 54.4 Å². The molecular weight excluding hydrogens is 336 g/mol. The molecule has 6 nitrogen and oxygen atoms in total. The van der Waals surface area contributed by atoms with E-state index in [1.807, 2.05) is 13.8 Å². The van der Waals surface area contributed by atoms with E-state index in [4.69, 9.17) is 0 Å². The van der Waals surface area contributed by atoms with Gasteiger partial charge in [0.1, 0.15) is 23.4 Å². The second-order valence-corrected chi connectivity index (χ2v) is 7.39.